The van der Waals surface area contributed by atoms with Crippen LogP contribution in [0.3, 0.4) is 0 Å². The summed E-state index contributed by atoms with van der Waals surface area (Å²) in [6, 6.07) is 1.71. The first kappa shape index (κ1) is 29.2. The second-order valence-corrected chi connectivity index (χ2v) is 11.3. The van der Waals surface area contributed by atoms with Gasteiger partial charge in [-0.3, -0.25) is 4.98 Å². The van der Waals surface area contributed by atoms with Crippen LogP contribution in [-0.4, -0.2) is 84.3 Å². The molecule has 0 spiro atoms. The van der Waals surface area contributed by atoms with Crippen molar-refractivity contribution < 1.29 is 35.2 Å². The highest BCUT2D eigenvalue weighted by Gasteiger charge is 2.60. The van der Waals surface area contributed by atoms with Gasteiger partial charge in [0.15, 0.2) is 21.3 Å². The molecule has 0 bridgehead atoms. The number of hydrogen-bond acceptors (Lipinski definition) is 11. The molecule has 0 saturated carbocycles. The van der Waals surface area contributed by atoms with E-state index in [0.717, 1.165) is 0 Å². The zero-order valence-corrected chi connectivity index (χ0v) is 22.6. The molecule has 0 aliphatic carbocycles. The summed E-state index contributed by atoms with van der Waals surface area (Å²) in [7, 11) is -2.64. The van der Waals surface area contributed by atoms with Crippen LogP contribution < -0.4 is 0 Å². The molecule has 0 aliphatic rings. The van der Waals surface area contributed by atoms with Gasteiger partial charge in [0.1, 0.15) is 36.2 Å². The number of hydrogen-bond donors (Lipinski definition) is 0. The molecule has 0 radical (unpaired) electrons. The van der Waals surface area contributed by atoms with E-state index in [1.807, 2.05) is 6.26 Å². The van der Waals surface area contributed by atoms with Crippen molar-refractivity contribution in [3.8, 4) is 11.5 Å². The SMILES string of the molecule is CCS(=O)(=O)c1cc(/C(=N/OCCSC)n2cncn2)cnc1-c1nc2cc(C(F)(F)C(F)(F)F)nnc2n1C. The predicted octanol–water partition coefficient (Wildman–Crippen LogP) is 3.05. The molecular weight excluding hydrogens is 585 g/mol. The van der Waals surface area contributed by atoms with E-state index in [1.54, 1.807) is 0 Å². The first-order valence-electron chi connectivity index (χ1n) is 11.2. The third-order valence-corrected chi connectivity index (χ3v) is 7.81. The lowest BCUT2D eigenvalue weighted by molar-refractivity contribution is -0.291. The van der Waals surface area contributed by atoms with E-state index in [9.17, 15) is 30.4 Å². The van der Waals surface area contributed by atoms with Gasteiger partial charge in [-0.1, -0.05) is 12.1 Å². The maximum absolute atomic E-state index is 13.9. The Morgan fingerprint density at radius 1 is 1.18 bits per heavy atom. The summed E-state index contributed by atoms with van der Waals surface area (Å²) < 4.78 is 95.0. The average Bonchev–Trinajstić information content (AvgIpc) is 3.56. The average molecular weight is 606 g/mol. The van der Waals surface area contributed by atoms with Crippen LogP contribution in [0.4, 0.5) is 22.0 Å². The number of rotatable bonds is 9. The number of fused-ring (bicyclic) bond motifs is 1. The number of imidazole rings is 1. The number of pyridine rings is 1. The zero-order chi connectivity index (χ0) is 29.3. The zero-order valence-electron chi connectivity index (χ0n) is 21.0. The van der Waals surface area contributed by atoms with Gasteiger partial charge in [0.05, 0.1) is 10.6 Å². The lowest BCUT2D eigenvalue weighted by Gasteiger charge is -2.17. The fourth-order valence-electron chi connectivity index (χ4n) is 3.40. The van der Waals surface area contributed by atoms with E-state index in [2.05, 4.69) is 35.4 Å². The minimum absolute atomic E-state index is 0.0695. The van der Waals surface area contributed by atoms with Crippen LogP contribution in [0.2, 0.25) is 0 Å². The van der Waals surface area contributed by atoms with Gasteiger partial charge in [-0.2, -0.15) is 43.5 Å². The van der Waals surface area contributed by atoms with Crippen molar-refractivity contribution >= 4 is 38.6 Å². The van der Waals surface area contributed by atoms with Gasteiger partial charge >= 0.3 is 12.1 Å². The highest BCUT2D eigenvalue weighted by Crippen LogP contribution is 2.43. The van der Waals surface area contributed by atoms with Crippen molar-refractivity contribution in [2.45, 2.75) is 23.9 Å². The maximum atomic E-state index is 13.9. The van der Waals surface area contributed by atoms with Gasteiger partial charge < -0.3 is 9.40 Å². The largest absolute Gasteiger partial charge is 0.459 e. The van der Waals surface area contributed by atoms with Crippen molar-refractivity contribution in [2.24, 2.45) is 12.2 Å². The highest BCUT2D eigenvalue weighted by atomic mass is 32.2. The van der Waals surface area contributed by atoms with E-state index in [0.29, 0.717) is 11.8 Å². The Balaban J connectivity index is 1.88. The van der Waals surface area contributed by atoms with Crippen molar-refractivity contribution in [2.75, 3.05) is 24.4 Å². The summed E-state index contributed by atoms with van der Waals surface area (Å²) in [6.45, 7) is 1.65. The van der Waals surface area contributed by atoms with E-state index >= 15 is 0 Å². The number of aromatic nitrogens is 8. The van der Waals surface area contributed by atoms with Gasteiger partial charge in [0.25, 0.3) is 0 Å². The van der Waals surface area contributed by atoms with E-state index in [-0.39, 0.29) is 51.3 Å². The fourth-order valence-corrected chi connectivity index (χ4v) is 4.69. The minimum atomic E-state index is -5.91. The van der Waals surface area contributed by atoms with Gasteiger partial charge in [-0.15, -0.1) is 10.2 Å². The molecule has 4 heterocycles. The van der Waals surface area contributed by atoms with Gasteiger partial charge in [0.2, 0.25) is 5.84 Å². The van der Waals surface area contributed by atoms with E-state index in [1.165, 1.54) is 59.9 Å². The second kappa shape index (κ2) is 11.0. The van der Waals surface area contributed by atoms with Gasteiger partial charge in [-0.05, 0) is 18.4 Å². The summed E-state index contributed by atoms with van der Waals surface area (Å²) in [5.74, 6) is -5.09. The summed E-state index contributed by atoms with van der Waals surface area (Å²) in [4.78, 5) is 17.2. The van der Waals surface area contributed by atoms with Crippen LogP contribution in [0.25, 0.3) is 22.7 Å². The number of sulfone groups is 1. The van der Waals surface area contributed by atoms with Crippen LogP contribution in [0.5, 0.6) is 0 Å². The van der Waals surface area contributed by atoms with Crippen LogP contribution in [-0.2, 0) is 27.6 Å². The molecule has 0 fully saturated rings. The molecule has 4 aromatic rings. The van der Waals surface area contributed by atoms with E-state index < -0.39 is 27.6 Å². The molecule has 0 aliphatic heterocycles. The van der Waals surface area contributed by atoms with Crippen molar-refractivity contribution in [1.82, 2.24) is 39.5 Å². The monoisotopic (exact) mass is 605 g/mol. The summed E-state index contributed by atoms with van der Waals surface area (Å²) in [5.41, 5.74) is -2.22. The standard InChI is InChI=1S/C21H20F5N9O3S2/c1-4-40(36,37)14-7-12(17(33-38-5-6-39-3)35-11-27-10-29-35)9-28-16(14)19-30-13-8-15(20(22,23)21(24,25)26)31-32-18(13)34(19)2/h7-11H,4-6H2,1-3H3/b33-17-. The molecule has 0 saturated heterocycles. The third-order valence-electron chi connectivity index (χ3n) is 5.50. The molecule has 0 unspecified atom stereocenters. The minimum Gasteiger partial charge on any atom is -0.393 e. The molecular formula is C21H20F5N9O3S2. The first-order chi connectivity index (χ1) is 18.8. The van der Waals surface area contributed by atoms with Crippen molar-refractivity contribution in [3.63, 3.8) is 0 Å². The smallest absolute Gasteiger partial charge is 0.393 e. The second-order valence-electron chi connectivity index (χ2n) is 8.06. The van der Waals surface area contributed by atoms with Gasteiger partial charge in [-0.25, -0.2) is 18.4 Å². The third kappa shape index (κ3) is 5.47. The molecule has 0 atom stereocenters. The first-order valence-corrected chi connectivity index (χ1v) is 14.3. The van der Waals surface area contributed by atoms with Gasteiger partial charge in [0, 0.05) is 24.6 Å². The van der Waals surface area contributed by atoms with E-state index in [4.69, 9.17) is 4.84 Å². The molecule has 19 heteroatoms. The van der Waals surface area contributed by atoms with Crippen LogP contribution >= 0.6 is 11.8 Å². The summed E-state index contributed by atoms with van der Waals surface area (Å²) >= 11 is 1.52. The fraction of sp³-hybridized carbons (Fsp3) is 0.381. The Bertz CT molecular complexity index is 1660. The number of aryl methyl sites for hydroxylation is 1. The highest BCUT2D eigenvalue weighted by molar-refractivity contribution is 7.98. The Hall–Kier alpha value is -3.74. The molecule has 0 aromatic carbocycles. The van der Waals surface area contributed by atoms with Crippen LogP contribution in [0, 0.1) is 0 Å². The number of thioether (sulfide) groups is 1. The summed E-state index contributed by atoms with van der Waals surface area (Å²) in [5, 5.41) is 14.6. The quantitative estimate of drug-likeness (QED) is 0.0918. The van der Waals surface area contributed by atoms with Crippen molar-refractivity contribution in [3.05, 3.63) is 42.2 Å². The Labute approximate surface area is 227 Å². The lowest BCUT2D eigenvalue weighted by Crippen LogP contribution is -2.34. The summed E-state index contributed by atoms with van der Waals surface area (Å²) in [6.07, 6.45) is -0.214. The molecule has 0 amide bonds. The number of halogens is 5. The topological polar surface area (TPSA) is 143 Å². The lowest BCUT2D eigenvalue weighted by atomic mass is 10.2. The Morgan fingerprint density at radius 3 is 2.55 bits per heavy atom. The number of oxime groups is 1. The molecule has 40 heavy (non-hydrogen) atoms. The molecule has 12 nitrogen and oxygen atoms in total. The molecule has 4 rings (SSSR count). The number of alkyl halides is 5. The van der Waals surface area contributed by atoms with Crippen molar-refractivity contribution in [1.29, 1.82) is 0 Å². The molecule has 4 aromatic heterocycles. The van der Waals surface area contributed by atoms with Crippen LogP contribution in [0.1, 0.15) is 18.2 Å². The normalized spacial score (nSPS) is 13.2. The Kier molecular flexibility index (Phi) is 8.06. The molecule has 0 N–H and O–H groups in total. The van der Waals surface area contributed by atoms with Crippen LogP contribution in [0.15, 0.2) is 41.0 Å². The Morgan fingerprint density at radius 2 is 1.93 bits per heavy atom. The number of nitrogens with zero attached hydrogens (tertiary/aromatic N) is 9. The predicted molar refractivity (Wildman–Crippen MR) is 134 cm³/mol. The maximum Gasteiger partial charge on any atom is 0.459 e. The molecule has 214 valence electrons.